The molecule has 11 heteroatoms. The Balaban J connectivity index is 2.49. The number of carbonyl (C=O) groups is 1. The van der Waals surface area contributed by atoms with Gasteiger partial charge < -0.3 is 10.2 Å². The van der Waals surface area contributed by atoms with Crippen LogP contribution in [0.5, 0.6) is 0 Å². The summed E-state index contributed by atoms with van der Waals surface area (Å²) in [4.78, 5) is 14.3. The highest BCUT2D eigenvalue weighted by atomic mass is 35.5. The summed E-state index contributed by atoms with van der Waals surface area (Å²) < 4.78 is 66.1. The normalized spacial score (nSPS) is 12.2. The Labute approximate surface area is 184 Å². The minimum absolute atomic E-state index is 0.0330. The molecule has 0 aliphatic rings. The van der Waals surface area contributed by atoms with Crippen LogP contribution in [0.15, 0.2) is 41.3 Å². The molecule has 0 fully saturated rings. The van der Waals surface area contributed by atoms with Crippen molar-refractivity contribution in [2.24, 2.45) is 0 Å². The fourth-order valence-electron chi connectivity index (χ4n) is 2.94. The number of benzene rings is 2. The highest BCUT2D eigenvalue weighted by Gasteiger charge is 2.31. The van der Waals surface area contributed by atoms with Gasteiger partial charge in [-0.05, 0) is 36.4 Å². The predicted octanol–water partition coefficient (Wildman–Crippen LogP) is 4.71. The number of anilines is 2. The van der Waals surface area contributed by atoms with Gasteiger partial charge in [0.1, 0.15) is 0 Å². The van der Waals surface area contributed by atoms with Gasteiger partial charge in [0.2, 0.25) is 10.0 Å². The Hall–Kier alpha value is -2.30. The molecule has 2 aromatic carbocycles. The standard InChI is InChI=1S/C20H23ClF3N3O3S/c1-5-27(6-2)31(29,30)14-8-9-16(21)15(12-14)19(28)25-17-11-13(20(22,23)24)7-10-18(17)26(3)4/h7-12H,5-6H2,1-4H3,(H,25,28). The molecule has 0 atom stereocenters. The number of rotatable bonds is 7. The molecule has 0 saturated carbocycles. The van der Waals surface area contributed by atoms with E-state index in [0.717, 1.165) is 18.2 Å². The maximum absolute atomic E-state index is 13.1. The lowest BCUT2D eigenvalue weighted by molar-refractivity contribution is -0.137. The van der Waals surface area contributed by atoms with Crippen LogP contribution in [0, 0.1) is 0 Å². The summed E-state index contributed by atoms with van der Waals surface area (Å²) in [7, 11) is -0.630. The van der Waals surface area contributed by atoms with Gasteiger partial charge in [0.15, 0.2) is 0 Å². The van der Waals surface area contributed by atoms with E-state index < -0.39 is 27.7 Å². The zero-order valence-electron chi connectivity index (χ0n) is 17.4. The third-order valence-corrected chi connectivity index (χ3v) is 6.96. The number of sulfonamides is 1. The molecule has 0 aromatic heterocycles. The lowest BCUT2D eigenvalue weighted by atomic mass is 10.1. The predicted molar refractivity (Wildman–Crippen MR) is 115 cm³/mol. The molecule has 0 aliphatic carbocycles. The van der Waals surface area contributed by atoms with Crippen LogP contribution in [-0.4, -0.2) is 45.8 Å². The molecule has 0 radical (unpaired) electrons. The Morgan fingerprint density at radius 3 is 2.19 bits per heavy atom. The first kappa shape index (κ1) is 25.0. The highest BCUT2D eigenvalue weighted by molar-refractivity contribution is 7.89. The number of halogens is 4. The van der Waals surface area contributed by atoms with Crippen LogP contribution in [0.3, 0.4) is 0 Å². The van der Waals surface area contributed by atoms with Gasteiger partial charge in [-0.2, -0.15) is 17.5 Å². The van der Waals surface area contributed by atoms with Crippen LogP contribution in [0.1, 0.15) is 29.8 Å². The molecule has 0 bridgehead atoms. The SMILES string of the molecule is CCN(CC)S(=O)(=O)c1ccc(Cl)c(C(=O)Nc2cc(C(F)(F)F)ccc2N(C)C)c1. The zero-order chi connectivity index (χ0) is 23.6. The van der Waals surface area contributed by atoms with E-state index in [4.69, 9.17) is 11.6 Å². The molecule has 1 amide bonds. The lowest BCUT2D eigenvalue weighted by Gasteiger charge is -2.21. The highest BCUT2D eigenvalue weighted by Crippen LogP contribution is 2.35. The molecule has 0 unspecified atom stereocenters. The van der Waals surface area contributed by atoms with Gasteiger partial charge >= 0.3 is 6.18 Å². The summed E-state index contributed by atoms with van der Waals surface area (Å²) in [5.41, 5.74) is -0.850. The third kappa shape index (κ3) is 5.50. The van der Waals surface area contributed by atoms with E-state index in [1.807, 2.05) is 0 Å². The average molecular weight is 478 g/mol. The van der Waals surface area contributed by atoms with Gasteiger partial charge in [0.05, 0.1) is 32.4 Å². The summed E-state index contributed by atoms with van der Waals surface area (Å²) in [6, 6.07) is 6.64. The largest absolute Gasteiger partial charge is 0.416 e. The maximum Gasteiger partial charge on any atom is 0.416 e. The maximum atomic E-state index is 13.1. The topological polar surface area (TPSA) is 69.7 Å². The molecule has 0 saturated heterocycles. The van der Waals surface area contributed by atoms with Gasteiger partial charge in [-0.1, -0.05) is 25.4 Å². The minimum Gasteiger partial charge on any atom is -0.376 e. The third-order valence-electron chi connectivity index (χ3n) is 4.58. The van der Waals surface area contributed by atoms with E-state index in [2.05, 4.69) is 5.32 Å². The number of hydrogen-bond donors (Lipinski definition) is 1. The van der Waals surface area contributed by atoms with E-state index in [1.165, 1.54) is 22.5 Å². The van der Waals surface area contributed by atoms with E-state index in [-0.39, 0.29) is 34.3 Å². The van der Waals surface area contributed by atoms with Gasteiger partial charge in [0.25, 0.3) is 5.91 Å². The first-order valence-electron chi connectivity index (χ1n) is 9.32. The summed E-state index contributed by atoms with van der Waals surface area (Å²) in [5, 5.41) is 2.39. The minimum atomic E-state index is -4.60. The quantitative estimate of drug-likeness (QED) is 0.627. The van der Waals surface area contributed by atoms with E-state index in [1.54, 1.807) is 32.8 Å². The van der Waals surface area contributed by atoms with Gasteiger partial charge in [0, 0.05) is 27.2 Å². The van der Waals surface area contributed by atoms with Crippen molar-refractivity contribution in [3.05, 3.63) is 52.5 Å². The van der Waals surface area contributed by atoms with Crippen LogP contribution >= 0.6 is 11.6 Å². The van der Waals surface area contributed by atoms with Crippen LogP contribution < -0.4 is 10.2 Å². The number of amides is 1. The molecule has 6 nitrogen and oxygen atoms in total. The fraction of sp³-hybridized carbons (Fsp3) is 0.350. The van der Waals surface area contributed by atoms with Crippen LogP contribution in [-0.2, 0) is 16.2 Å². The summed E-state index contributed by atoms with van der Waals surface area (Å²) >= 11 is 6.10. The van der Waals surface area contributed by atoms with Crippen LogP contribution in [0.2, 0.25) is 5.02 Å². The molecule has 2 rings (SSSR count). The van der Waals surface area contributed by atoms with E-state index in [0.29, 0.717) is 5.69 Å². The monoisotopic (exact) mass is 477 g/mol. The molecule has 1 N–H and O–H groups in total. The van der Waals surface area contributed by atoms with E-state index >= 15 is 0 Å². The Morgan fingerprint density at radius 1 is 1.06 bits per heavy atom. The van der Waals surface area contributed by atoms with E-state index in [9.17, 15) is 26.4 Å². The number of alkyl halides is 3. The van der Waals surface area contributed by atoms with Crippen molar-refractivity contribution in [2.45, 2.75) is 24.9 Å². The molecule has 170 valence electrons. The van der Waals surface area contributed by atoms with Crippen LogP contribution in [0.4, 0.5) is 24.5 Å². The summed E-state index contributed by atoms with van der Waals surface area (Å²) in [6.45, 7) is 3.83. The van der Waals surface area contributed by atoms with Crippen LogP contribution in [0.25, 0.3) is 0 Å². The average Bonchev–Trinajstić information content (AvgIpc) is 2.67. The lowest BCUT2D eigenvalue weighted by Crippen LogP contribution is -2.30. The zero-order valence-corrected chi connectivity index (χ0v) is 19.0. The van der Waals surface area contributed by atoms with Crippen molar-refractivity contribution in [1.82, 2.24) is 4.31 Å². The summed E-state index contributed by atoms with van der Waals surface area (Å²) in [6.07, 6.45) is -4.60. The van der Waals surface area contributed by atoms with Gasteiger partial charge in [-0.15, -0.1) is 0 Å². The second-order valence-corrected chi connectivity index (χ2v) is 9.15. The smallest absolute Gasteiger partial charge is 0.376 e. The van der Waals surface area contributed by atoms with Crippen molar-refractivity contribution in [2.75, 3.05) is 37.4 Å². The van der Waals surface area contributed by atoms with Crippen molar-refractivity contribution < 1.29 is 26.4 Å². The van der Waals surface area contributed by atoms with Crippen molar-refractivity contribution in [3.63, 3.8) is 0 Å². The Bertz CT molecular complexity index is 1070. The first-order chi connectivity index (χ1) is 14.3. The number of nitrogens with one attached hydrogen (secondary N) is 1. The fourth-order valence-corrected chi connectivity index (χ4v) is 4.63. The molecule has 31 heavy (non-hydrogen) atoms. The molecule has 0 spiro atoms. The van der Waals surface area contributed by atoms with Crippen molar-refractivity contribution in [1.29, 1.82) is 0 Å². The number of carbonyl (C=O) groups excluding carboxylic acids is 1. The Morgan fingerprint density at radius 2 is 1.68 bits per heavy atom. The molecular formula is C20H23ClF3N3O3S. The Kier molecular flexibility index (Phi) is 7.61. The second-order valence-electron chi connectivity index (χ2n) is 6.81. The second kappa shape index (κ2) is 9.46. The number of nitrogens with zero attached hydrogens (tertiary/aromatic N) is 2. The van der Waals surface area contributed by atoms with Crippen molar-refractivity contribution in [3.8, 4) is 0 Å². The molecule has 0 aliphatic heterocycles. The molecule has 0 heterocycles. The summed E-state index contributed by atoms with van der Waals surface area (Å²) in [5.74, 6) is -0.830. The van der Waals surface area contributed by atoms with Gasteiger partial charge in [-0.3, -0.25) is 4.79 Å². The number of hydrogen-bond acceptors (Lipinski definition) is 4. The first-order valence-corrected chi connectivity index (χ1v) is 11.1. The van der Waals surface area contributed by atoms with Gasteiger partial charge in [-0.25, -0.2) is 8.42 Å². The van der Waals surface area contributed by atoms with Crippen molar-refractivity contribution >= 4 is 38.9 Å². The molecular weight excluding hydrogens is 455 g/mol. The molecule has 2 aromatic rings.